The summed E-state index contributed by atoms with van der Waals surface area (Å²) >= 11 is 0. The highest BCUT2D eigenvalue weighted by atomic mass is 16.6. The van der Waals surface area contributed by atoms with Crippen molar-refractivity contribution in [3.05, 3.63) is 0 Å². The van der Waals surface area contributed by atoms with Crippen molar-refractivity contribution in [3.8, 4) is 0 Å². The Morgan fingerprint density at radius 2 is 1.36 bits per heavy atom. The van der Waals surface area contributed by atoms with E-state index in [1.807, 2.05) is 6.92 Å². The first-order valence-corrected chi connectivity index (χ1v) is 4.13. The summed E-state index contributed by atoms with van der Waals surface area (Å²) in [5.74, 6) is 5.11. The Bertz CT molecular complexity index is 96.3. The van der Waals surface area contributed by atoms with E-state index >= 15 is 0 Å². The van der Waals surface area contributed by atoms with Crippen LogP contribution in [0.3, 0.4) is 0 Å². The van der Waals surface area contributed by atoms with Crippen LogP contribution >= 0.6 is 0 Å². The van der Waals surface area contributed by atoms with Gasteiger partial charge in [0.05, 0.1) is 0 Å². The highest BCUT2D eigenvalue weighted by Crippen LogP contribution is 2.09. The summed E-state index contributed by atoms with van der Waals surface area (Å²) < 4.78 is 0. The van der Waals surface area contributed by atoms with Gasteiger partial charge in [-0.1, -0.05) is 0 Å². The molecule has 68 valence electrons. The van der Waals surface area contributed by atoms with E-state index in [-0.39, 0.29) is 6.23 Å². The zero-order valence-electron chi connectivity index (χ0n) is 8.16. The van der Waals surface area contributed by atoms with Crippen molar-refractivity contribution in [2.24, 2.45) is 5.90 Å². The minimum atomic E-state index is -0.00463. The molecule has 2 N–H and O–H groups in total. The smallest absolute Gasteiger partial charge is 0.129 e. The van der Waals surface area contributed by atoms with Gasteiger partial charge in [0.2, 0.25) is 0 Å². The average Bonchev–Trinajstić information content (AvgIpc) is 1.85. The first-order valence-electron chi connectivity index (χ1n) is 4.13. The van der Waals surface area contributed by atoms with E-state index < -0.39 is 0 Å². The van der Waals surface area contributed by atoms with Gasteiger partial charge in [-0.25, -0.2) is 5.90 Å². The lowest BCUT2D eigenvalue weighted by Crippen LogP contribution is -2.45. The van der Waals surface area contributed by atoms with Crippen LogP contribution in [0.15, 0.2) is 0 Å². The van der Waals surface area contributed by atoms with Crippen molar-refractivity contribution in [2.75, 3.05) is 0 Å². The average molecular weight is 160 g/mol. The molecule has 0 aliphatic rings. The van der Waals surface area contributed by atoms with E-state index in [1.54, 1.807) is 0 Å². The fourth-order valence-electron chi connectivity index (χ4n) is 1.51. The highest BCUT2D eigenvalue weighted by Gasteiger charge is 2.19. The molecule has 0 aromatic rings. The topological polar surface area (TPSA) is 38.5 Å². The van der Waals surface area contributed by atoms with Crippen LogP contribution in [0.1, 0.15) is 34.6 Å². The maximum Gasteiger partial charge on any atom is 0.129 e. The molecule has 0 rings (SSSR count). The van der Waals surface area contributed by atoms with Gasteiger partial charge in [0, 0.05) is 12.1 Å². The van der Waals surface area contributed by atoms with Crippen LogP contribution in [-0.2, 0) is 4.84 Å². The lowest BCUT2D eigenvalue weighted by Gasteiger charge is -2.34. The van der Waals surface area contributed by atoms with E-state index in [2.05, 4.69) is 32.6 Å². The SMILES string of the molecule is CC(C)N(C(C)C)C(C)ON. The van der Waals surface area contributed by atoms with Gasteiger partial charge in [-0.2, -0.15) is 0 Å². The Labute approximate surface area is 69.5 Å². The van der Waals surface area contributed by atoms with Gasteiger partial charge in [0.25, 0.3) is 0 Å². The van der Waals surface area contributed by atoms with Crippen molar-refractivity contribution < 1.29 is 4.84 Å². The molecule has 0 saturated heterocycles. The van der Waals surface area contributed by atoms with Crippen LogP contribution in [0.5, 0.6) is 0 Å². The fraction of sp³-hybridized carbons (Fsp3) is 1.00. The number of rotatable bonds is 4. The van der Waals surface area contributed by atoms with Crippen LogP contribution in [0.4, 0.5) is 0 Å². The molecule has 0 bridgehead atoms. The minimum Gasteiger partial charge on any atom is -0.286 e. The number of hydrogen-bond donors (Lipinski definition) is 1. The fourth-order valence-corrected chi connectivity index (χ4v) is 1.51. The van der Waals surface area contributed by atoms with Crippen molar-refractivity contribution in [1.82, 2.24) is 4.90 Å². The molecule has 0 saturated carbocycles. The molecule has 3 nitrogen and oxygen atoms in total. The second kappa shape index (κ2) is 4.70. The predicted octanol–water partition coefficient (Wildman–Crippen LogP) is 1.34. The van der Waals surface area contributed by atoms with Crippen LogP contribution in [0.2, 0.25) is 0 Å². The summed E-state index contributed by atoms with van der Waals surface area (Å²) in [5.41, 5.74) is 0. The number of hydrogen-bond acceptors (Lipinski definition) is 3. The van der Waals surface area contributed by atoms with E-state index in [0.29, 0.717) is 12.1 Å². The summed E-state index contributed by atoms with van der Waals surface area (Å²) in [5, 5.41) is 0. The summed E-state index contributed by atoms with van der Waals surface area (Å²) in [4.78, 5) is 6.97. The van der Waals surface area contributed by atoms with Crippen LogP contribution in [-0.4, -0.2) is 23.2 Å². The maximum absolute atomic E-state index is 5.11. The zero-order valence-corrected chi connectivity index (χ0v) is 8.16. The third-order valence-electron chi connectivity index (χ3n) is 1.81. The van der Waals surface area contributed by atoms with Crippen LogP contribution < -0.4 is 5.90 Å². The van der Waals surface area contributed by atoms with Gasteiger partial charge in [-0.3, -0.25) is 9.74 Å². The monoisotopic (exact) mass is 160 g/mol. The maximum atomic E-state index is 5.11. The lowest BCUT2D eigenvalue weighted by molar-refractivity contribution is -0.0785. The molecule has 0 aromatic carbocycles. The van der Waals surface area contributed by atoms with E-state index in [0.717, 1.165) is 0 Å². The zero-order chi connectivity index (χ0) is 9.02. The second-order valence-corrected chi connectivity index (χ2v) is 3.37. The molecule has 0 amide bonds. The largest absolute Gasteiger partial charge is 0.286 e. The molecular formula is C8H20N2O. The molecule has 1 unspecified atom stereocenters. The van der Waals surface area contributed by atoms with Crippen LogP contribution in [0.25, 0.3) is 0 Å². The molecular weight excluding hydrogens is 140 g/mol. The summed E-state index contributed by atoms with van der Waals surface area (Å²) in [7, 11) is 0. The molecule has 0 fully saturated rings. The van der Waals surface area contributed by atoms with Gasteiger partial charge in [-0.15, -0.1) is 0 Å². The quantitative estimate of drug-likeness (QED) is 0.498. The van der Waals surface area contributed by atoms with Crippen molar-refractivity contribution in [3.63, 3.8) is 0 Å². The number of nitrogens with two attached hydrogens (primary N) is 1. The minimum absolute atomic E-state index is 0.00463. The van der Waals surface area contributed by atoms with Gasteiger partial charge in [0.1, 0.15) is 6.23 Å². The number of nitrogens with zero attached hydrogens (tertiary/aromatic N) is 1. The third kappa shape index (κ3) is 3.18. The van der Waals surface area contributed by atoms with Gasteiger partial charge < -0.3 is 0 Å². The van der Waals surface area contributed by atoms with Crippen molar-refractivity contribution >= 4 is 0 Å². The Balaban J connectivity index is 4.09. The Hall–Kier alpha value is -0.120. The van der Waals surface area contributed by atoms with Crippen molar-refractivity contribution in [1.29, 1.82) is 0 Å². The summed E-state index contributed by atoms with van der Waals surface area (Å²) in [6, 6.07) is 0.932. The Morgan fingerprint density at radius 3 is 1.45 bits per heavy atom. The van der Waals surface area contributed by atoms with Gasteiger partial charge >= 0.3 is 0 Å². The van der Waals surface area contributed by atoms with Crippen LogP contribution in [0, 0.1) is 0 Å². The standard InChI is InChI=1S/C8H20N2O/c1-6(2)10(7(3)4)8(5)11-9/h6-8H,9H2,1-5H3. The van der Waals surface area contributed by atoms with Crippen molar-refractivity contribution in [2.45, 2.75) is 52.9 Å². The van der Waals surface area contributed by atoms with E-state index in [1.165, 1.54) is 0 Å². The third-order valence-corrected chi connectivity index (χ3v) is 1.81. The molecule has 11 heavy (non-hydrogen) atoms. The molecule has 1 atom stereocenters. The second-order valence-electron chi connectivity index (χ2n) is 3.37. The first-order chi connectivity index (χ1) is 5.00. The molecule has 0 aromatic heterocycles. The summed E-state index contributed by atoms with van der Waals surface area (Å²) in [6.07, 6.45) is -0.00463. The molecule has 3 heteroatoms. The predicted molar refractivity (Wildman–Crippen MR) is 46.8 cm³/mol. The highest BCUT2D eigenvalue weighted by molar-refractivity contribution is 4.68. The lowest BCUT2D eigenvalue weighted by atomic mass is 10.2. The van der Waals surface area contributed by atoms with Gasteiger partial charge in [-0.05, 0) is 34.6 Å². The Kier molecular flexibility index (Phi) is 4.65. The Morgan fingerprint density at radius 1 is 1.00 bits per heavy atom. The molecule has 0 radical (unpaired) electrons. The summed E-state index contributed by atoms with van der Waals surface area (Å²) in [6.45, 7) is 10.5. The normalized spacial score (nSPS) is 15.0. The van der Waals surface area contributed by atoms with Gasteiger partial charge in [0.15, 0.2) is 0 Å². The first kappa shape index (κ1) is 10.9. The molecule has 0 heterocycles. The molecule has 0 aliphatic heterocycles. The molecule has 0 aliphatic carbocycles. The van der Waals surface area contributed by atoms with E-state index in [9.17, 15) is 0 Å². The van der Waals surface area contributed by atoms with E-state index in [4.69, 9.17) is 10.7 Å². The molecule has 0 spiro atoms.